The molecular weight excluding hydrogens is 430 g/mol. The number of thiazole rings is 1. The van der Waals surface area contributed by atoms with Crippen LogP contribution in [-0.2, 0) is 9.59 Å². The largest absolute Gasteiger partial charge is 0.482 e. The van der Waals surface area contributed by atoms with E-state index in [0.717, 1.165) is 11.3 Å². The van der Waals surface area contributed by atoms with Crippen molar-refractivity contribution in [1.82, 2.24) is 4.98 Å². The summed E-state index contributed by atoms with van der Waals surface area (Å²) in [7, 11) is 1.65. The molecule has 0 spiro atoms. The zero-order valence-corrected chi connectivity index (χ0v) is 18.2. The van der Waals surface area contributed by atoms with Crippen LogP contribution >= 0.6 is 11.3 Å². The average Bonchev–Trinajstić information content (AvgIpc) is 3.34. The van der Waals surface area contributed by atoms with Crippen molar-refractivity contribution >= 4 is 40.3 Å². The van der Waals surface area contributed by atoms with Gasteiger partial charge in [-0.15, -0.1) is 11.3 Å². The van der Waals surface area contributed by atoms with Crippen LogP contribution in [0.5, 0.6) is 11.5 Å². The number of Topliss-reactive ketones (excluding diaryl/α,β-unsaturated/α-hetero) is 1. The van der Waals surface area contributed by atoms with E-state index in [1.807, 2.05) is 17.5 Å². The zero-order chi connectivity index (χ0) is 22.4. The standard InChI is InChI=1S/C23H19N3O5S/c1-13-23(29)25(2)17-8-15(4-6-21(17)31-13)19(27)9-26-18-7-14(16-11-32-12-24-16)3-5-20(18)30-10-22(26)28/h3-8,11-13H,9-10H2,1-2H3. The Labute approximate surface area is 188 Å². The summed E-state index contributed by atoms with van der Waals surface area (Å²) in [6.07, 6.45) is -0.580. The second kappa shape index (κ2) is 7.76. The topological polar surface area (TPSA) is 89.0 Å². The lowest BCUT2D eigenvalue weighted by molar-refractivity contribution is -0.125. The predicted octanol–water partition coefficient (Wildman–Crippen LogP) is 3.16. The summed E-state index contributed by atoms with van der Waals surface area (Å²) in [5.41, 5.74) is 4.80. The minimum Gasteiger partial charge on any atom is -0.482 e. The molecule has 0 fully saturated rings. The van der Waals surface area contributed by atoms with Gasteiger partial charge in [0, 0.05) is 23.6 Å². The second-order valence-corrected chi connectivity index (χ2v) is 8.31. The number of benzene rings is 2. The number of fused-ring (bicyclic) bond motifs is 2. The van der Waals surface area contributed by atoms with Gasteiger partial charge in [-0.25, -0.2) is 4.98 Å². The highest BCUT2D eigenvalue weighted by Crippen LogP contribution is 2.37. The number of hydrogen-bond acceptors (Lipinski definition) is 7. The number of ether oxygens (including phenoxy) is 2. The van der Waals surface area contributed by atoms with Gasteiger partial charge < -0.3 is 14.4 Å². The summed E-state index contributed by atoms with van der Waals surface area (Å²) >= 11 is 1.48. The van der Waals surface area contributed by atoms with Crippen LogP contribution in [0.3, 0.4) is 0 Å². The summed E-state index contributed by atoms with van der Waals surface area (Å²) < 4.78 is 11.2. The molecule has 0 N–H and O–H groups in total. The van der Waals surface area contributed by atoms with Gasteiger partial charge in [-0.3, -0.25) is 19.3 Å². The first kappa shape index (κ1) is 20.2. The van der Waals surface area contributed by atoms with Gasteiger partial charge >= 0.3 is 0 Å². The van der Waals surface area contributed by atoms with E-state index < -0.39 is 6.10 Å². The minimum absolute atomic E-state index is 0.135. The molecule has 0 aliphatic carbocycles. The molecule has 3 heterocycles. The van der Waals surface area contributed by atoms with Crippen molar-refractivity contribution in [2.24, 2.45) is 0 Å². The van der Waals surface area contributed by atoms with E-state index >= 15 is 0 Å². The number of rotatable bonds is 4. The fraction of sp³-hybridized carbons (Fsp3) is 0.217. The Hall–Kier alpha value is -3.72. The molecule has 162 valence electrons. The lowest BCUT2D eigenvalue weighted by atomic mass is 10.1. The van der Waals surface area contributed by atoms with Crippen molar-refractivity contribution in [3.63, 3.8) is 0 Å². The highest BCUT2D eigenvalue weighted by atomic mass is 32.1. The van der Waals surface area contributed by atoms with E-state index in [4.69, 9.17) is 9.47 Å². The highest BCUT2D eigenvalue weighted by Gasteiger charge is 2.31. The van der Waals surface area contributed by atoms with Crippen molar-refractivity contribution in [2.45, 2.75) is 13.0 Å². The number of hydrogen-bond donors (Lipinski definition) is 0. The third-order valence-electron chi connectivity index (χ3n) is 5.56. The molecule has 0 saturated carbocycles. The molecule has 1 atom stereocenters. The quantitative estimate of drug-likeness (QED) is 0.569. The maximum absolute atomic E-state index is 13.1. The summed E-state index contributed by atoms with van der Waals surface area (Å²) in [5.74, 6) is 0.330. The van der Waals surface area contributed by atoms with E-state index in [9.17, 15) is 14.4 Å². The van der Waals surface area contributed by atoms with Crippen LogP contribution in [0.1, 0.15) is 17.3 Å². The summed E-state index contributed by atoms with van der Waals surface area (Å²) in [5, 5.41) is 1.91. The van der Waals surface area contributed by atoms with Gasteiger partial charge in [0.05, 0.1) is 29.1 Å². The maximum atomic E-state index is 13.1. The second-order valence-electron chi connectivity index (χ2n) is 7.59. The number of ketones is 1. The van der Waals surface area contributed by atoms with Crippen molar-refractivity contribution < 1.29 is 23.9 Å². The first-order chi connectivity index (χ1) is 15.4. The van der Waals surface area contributed by atoms with Gasteiger partial charge in [0.1, 0.15) is 11.5 Å². The van der Waals surface area contributed by atoms with E-state index in [-0.39, 0.29) is 30.7 Å². The van der Waals surface area contributed by atoms with Crippen LogP contribution in [0.25, 0.3) is 11.3 Å². The molecule has 0 radical (unpaired) electrons. The van der Waals surface area contributed by atoms with Crippen LogP contribution in [0.4, 0.5) is 11.4 Å². The molecule has 8 nitrogen and oxygen atoms in total. The molecule has 5 rings (SSSR count). The molecule has 0 saturated heterocycles. The Morgan fingerprint density at radius 1 is 1.16 bits per heavy atom. The van der Waals surface area contributed by atoms with E-state index in [0.29, 0.717) is 28.4 Å². The van der Waals surface area contributed by atoms with Crippen LogP contribution < -0.4 is 19.3 Å². The first-order valence-electron chi connectivity index (χ1n) is 9.99. The number of carbonyl (C=O) groups excluding carboxylic acids is 3. The highest BCUT2D eigenvalue weighted by molar-refractivity contribution is 7.07. The Kier molecular flexibility index (Phi) is 4.90. The molecule has 0 bridgehead atoms. The van der Waals surface area contributed by atoms with Gasteiger partial charge in [0.2, 0.25) is 0 Å². The van der Waals surface area contributed by atoms with Crippen molar-refractivity contribution in [2.75, 3.05) is 30.0 Å². The molecule has 2 aliphatic heterocycles. The molecular formula is C23H19N3O5S. The third-order valence-corrected chi connectivity index (χ3v) is 6.14. The maximum Gasteiger partial charge on any atom is 0.267 e. The molecule has 2 aromatic carbocycles. The molecule has 32 heavy (non-hydrogen) atoms. The summed E-state index contributed by atoms with van der Waals surface area (Å²) in [4.78, 5) is 45.2. The number of likely N-dealkylation sites (N-methyl/N-ethyl adjacent to an activating group) is 1. The molecule has 9 heteroatoms. The normalized spacial score (nSPS) is 17.4. The number of aromatic nitrogens is 1. The van der Waals surface area contributed by atoms with Crippen LogP contribution in [0.15, 0.2) is 47.3 Å². The van der Waals surface area contributed by atoms with Crippen LogP contribution in [0.2, 0.25) is 0 Å². The minimum atomic E-state index is -0.580. The summed E-state index contributed by atoms with van der Waals surface area (Å²) in [6, 6.07) is 10.4. The van der Waals surface area contributed by atoms with Crippen molar-refractivity contribution in [1.29, 1.82) is 0 Å². The predicted molar refractivity (Wildman–Crippen MR) is 120 cm³/mol. The van der Waals surface area contributed by atoms with Crippen molar-refractivity contribution in [3.8, 4) is 22.8 Å². The Bertz CT molecular complexity index is 1240. The molecule has 2 amide bonds. The van der Waals surface area contributed by atoms with Gasteiger partial charge in [-0.2, -0.15) is 0 Å². The summed E-state index contributed by atoms with van der Waals surface area (Å²) in [6.45, 7) is 1.40. The molecule has 1 unspecified atom stereocenters. The lowest BCUT2D eigenvalue weighted by Crippen LogP contribution is -2.43. The number of nitrogens with zero attached hydrogens (tertiary/aromatic N) is 3. The van der Waals surface area contributed by atoms with Gasteiger partial charge in [0.15, 0.2) is 18.5 Å². The number of anilines is 2. The Balaban J connectivity index is 1.45. The SMILES string of the molecule is CC1Oc2ccc(C(=O)CN3C(=O)COc4ccc(-c5cscn5)cc43)cc2N(C)C1=O. The van der Waals surface area contributed by atoms with Gasteiger partial charge in [0.25, 0.3) is 11.8 Å². The van der Waals surface area contributed by atoms with E-state index in [2.05, 4.69) is 4.98 Å². The Morgan fingerprint density at radius 2 is 1.97 bits per heavy atom. The average molecular weight is 449 g/mol. The van der Waals surface area contributed by atoms with E-state index in [1.165, 1.54) is 21.1 Å². The first-order valence-corrected chi connectivity index (χ1v) is 10.9. The smallest absolute Gasteiger partial charge is 0.267 e. The lowest BCUT2D eigenvalue weighted by Gasteiger charge is -2.31. The number of amides is 2. The molecule has 3 aromatic rings. The van der Waals surface area contributed by atoms with Gasteiger partial charge in [-0.05, 0) is 43.3 Å². The fourth-order valence-electron chi connectivity index (χ4n) is 3.81. The van der Waals surface area contributed by atoms with Crippen molar-refractivity contribution in [3.05, 3.63) is 52.9 Å². The zero-order valence-electron chi connectivity index (χ0n) is 17.4. The number of carbonyl (C=O) groups is 3. The van der Waals surface area contributed by atoms with Crippen LogP contribution in [0, 0.1) is 0 Å². The fourth-order valence-corrected chi connectivity index (χ4v) is 4.37. The van der Waals surface area contributed by atoms with Gasteiger partial charge in [-0.1, -0.05) is 0 Å². The Morgan fingerprint density at radius 3 is 2.75 bits per heavy atom. The molecule has 2 aliphatic rings. The van der Waals surface area contributed by atoms with Crippen LogP contribution in [-0.4, -0.2) is 48.9 Å². The monoisotopic (exact) mass is 449 g/mol. The third kappa shape index (κ3) is 3.40. The molecule has 1 aromatic heterocycles. The van der Waals surface area contributed by atoms with E-state index in [1.54, 1.807) is 43.7 Å².